The zero-order valence-corrected chi connectivity index (χ0v) is 4.77. The topological polar surface area (TPSA) is 32.8 Å². The zero-order chi connectivity index (χ0) is 5.49. The van der Waals surface area contributed by atoms with Crippen molar-refractivity contribution in [3.63, 3.8) is 0 Å². The molecular formula is C4H7ClO2. The van der Waals surface area contributed by atoms with Gasteiger partial charge in [0.05, 0.1) is 5.38 Å². The average molecular weight is 123 g/mol. The Morgan fingerprint density at radius 1 is 2.00 bits per heavy atom. The Labute approximate surface area is 47.0 Å². The number of epoxide rings is 1. The van der Waals surface area contributed by atoms with Gasteiger partial charge >= 0.3 is 0 Å². The minimum Gasteiger partial charge on any atom is -0.363 e. The van der Waals surface area contributed by atoms with E-state index in [1.54, 1.807) is 6.92 Å². The molecule has 1 rings (SSSR count). The number of halogens is 1. The van der Waals surface area contributed by atoms with E-state index < -0.39 is 5.79 Å². The second-order valence-corrected chi connectivity index (χ2v) is 2.40. The Morgan fingerprint density at radius 2 is 2.43 bits per heavy atom. The van der Waals surface area contributed by atoms with Gasteiger partial charge in [-0.2, -0.15) is 0 Å². The van der Waals surface area contributed by atoms with E-state index in [9.17, 15) is 0 Å². The van der Waals surface area contributed by atoms with Gasteiger partial charge in [0.25, 0.3) is 0 Å². The van der Waals surface area contributed by atoms with E-state index in [2.05, 4.69) is 4.74 Å². The maximum Gasteiger partial charge on any atom is 0.206 e. The van der Waals surface area contributed by atoms with Gasteiger partial charge in [-0.25, -0.2) is 0 Å². The van der Waals surface area contributed by atoms with Crippen molar-refractivity contribution in [1.29, 1.82) is 0 Å². The predicted octanol–water partition coefficient (Wildman–Crippen LogP) is 0.333. The highest BCUT2D eigenvalue weighted by atomic mass is 35.5. The molecule has 0 aromatic rings. The van der Waals surface area contributed by atoms with Crippen molar-refractivity contribution >= 4 is 11.6 Å². The first-order valence-corrected chi connectivity index (χ1v) is 2.59. The third-order valence-electron chi connectivity index (χ3n) is 1.06. The summed E-state index contributed by atoms with van der Waals surface area (Å²) in [5.41, 5.74) is 0. The van der Waals surface area contributed by atoms with E-state index in [1.807, 2.05) is 0 Å². The van der Waals surface area contributed by atoms with E-state index in [0.29, 0.717) is 6.61 Å². The predicted molar refractivity (Wildman–Crippen MR) is 26.2 cm³/mol. The fourth-order valence-electron chi connectivity index (χ4n) is 0.304. The quantitative estimate of drug-likeness (QED) is 0.402. The van der Waals surface area contributed by atoms with Crippen molar-refractivity contribution in [3.05, 3.63) is 0 Å². The van der Waals surface area contributed by atoms with Gasteiger partial charge in [0.15, 0.2) is 0 Å². The molecular weight excluding hydrogens is 115 g/mol. The van der Waals surface area contributed by atoms with Crippen LogP contribution < -0.4 is 0 Å². The summed E-state index contributed by atoms with van der Waals surface area (Å²) in [5.74, 6) is -0.985. The van der Waals surface area contributed by atoms with Gasteiger partial charge in [-0.05, 0) is 6.92 Å². The van der Waals surface area contributed by atoms with Crippen LogP contribution in [-0.4, -0.2) is 22.9 Å². The Morgan fingerprint density at radius 3 is 2.43 bits per heavy atom. The van der Waals surface area contributed by atoms with Crippen LogP contribution in [0.3, 0.4) is 0 Å². The van der Waals surface area contributed by atoms with Crippen LogP contribution in [0.5, 0.6) is 0 Å². The summed E-state index contributed by atoms with van der Waals surface area (Å²) < 4.78 is 4.58. The van der Waals surface area contributed by atoms with Crippen LogP contribution in [0.1, 0.15) is 6.92 Å². The lowest BCUT2D eigenvalue weighted by molar-refractivity contribution is 0.0367. The standard InChI is InChI=1S/C4H7ClO2/c1-3(5)4(6)2-7-4/h3,6H,2H2,1H3. The van der Waals surface area contributed by atoms with Crippen LogP contribution in [0, 0.1) is 0 Å². The van der Waals surface area contributed by atoms with Crippen molar-refractivity contribution in [3.8, 4) is 0 Å². The van der Waals surface area contributed by atoms with Crippen molar-refractivity contribution < 1.29 is 9.84 Å². The molecule has 0 amide bonds. The Kier molecular flexibility index (Phi) is 1.02. The van der Waals surface area contributed by atoms with Crippen molar-refractivity contribution in [2.75, 3.05) is 6.61 Å². The van der Waals surface area contributed by atoms with Gasteiger partial charge in [0.1, 0.15) is 6.61 Å². The molecule has 2 atom stereocenters. The summed E-state index contributed by atoms with van der Waals surface area (Å²) in [4.78, 5) is 0. The molecule has 2 nitrogen and oxygen atoms in total. The van der Waals surface area contributed by atoms with Gasteiger partial charge in [-0.1, -0.05) is 0 Å². The number of rotatable bonds is 1. The van der Waals surface area contributed by atoms with Crippen LogP contribution in [0.25, 0.3) is 0 Å². The van der Waals surface area contributed by atoms with E-state index in [4.69, 9.17) is 16.7 Å². The smallest absolute Gasteiger partial charge is 0.206 e. The van der Waals surface area contributed by atoms with Gasteiger partial charge in [0, 0.05) is 0 Å². The molecule has 1 heterocycles. The van der Waals surface area contributed by atoms with Crippen molar-refractivity contribution in [1.82, 2.24) is 0 Å². The SMILES string of the molecule is CC(Cl)C1(O)CO1. The van der Waals surface area contributed by atoms with Gasteiger partial charge < -0.3 is 9.84 Å². The van der Waals surface area contributed by atoms with Gasteiger partial charge in [-0.15, -0.1) is 11.6 Å². The van der Waals surface area contributed by atoms with Gasteiger partial charge in [-0.3, -0.25) is 0 Å². The lowest BCUT2D eigenvalue weighted by atomic mass is 10.3. The van der Waals surface area contributed by atoms with E-state index in [1.165, 1.54) is 0 Å². The molecule has 0 aromatic carbocycles. The molecule has 7 heavy (non-hydrogen) atoms. The molecule has 3 heteroatoms. The summed E-state index contributed by atoms with van der Waals surface area (Å²) in [7, 11) is 0. The number of ether oxygens (including phenoxy) is 1. The molecule has 1 fully saturated rings. The highest BCUT2D eigenvalue weighted by Crippen LogP contribution is 2.30. The Balaban J connectivity index is 2.39. The van der Waals surface area contributed by atoms with E-state index in [-0.39, 0.29) is 5.38 Å². The number of hydrogen-bond acceptors (Lipinski definition) is 2. The summed E-state index contributed by atoms with van der Waals surface area (Å²) in [6, 6.07) is 0. The van der Waals surface area contributed by atoms with Crippen molar-refractivity contribution in [2.45, 2.75) is 18.1 Å². The first-order valence-electron chi connectivity index (χ1n) is 2.15. The average Bonchev–Trinajstić information content (AvgIpc) is 2.21. The zero-order valence-electron chi connectivity index (χ0n) is 4.02. The van der Waals surface area contributed by atoms with Gasteiger partial charge in [0.2, 0.25) is 5.79 Å². The normalized spacial score (nSPS) is 43.3. The lowest BCUT2D eigenvalue weighted by Gasteiger charge is -2.02. The molecule has 2 unspecified atom stereocenters. The van der Waals surface area contributed by atoms with Crippen LogP contribution in [0.4, 0.5) is 0 Å². The molecule has 0 bridgehead atoms. The maximum absolute atomic E-state index is 8.85. The number of aliphatic hydroxyl groups is 1. The molecule has 0 spiro atoms. The summed E-state index contributed by atoms with van der Waals surface area (Å²) in [5, 5.41) is 8.57. The maximum atomic E-state index is 8.85. The number of hydrogen-bond donors (Lipinski definition) is 1. The Bertz CT molecular complexity index is 77.8. The molecule has 1 aliphatic rings. The summed E-state index contributed by atoms with van der Waals surface area (Å²) in [6.07, 6.45) is 0. The molecule has 1 saturated heterocycles. The largest absolute Gasteiger partial charge is 0.363 e. The van der Waals surface area contributed by atoms with Crippen LogP contribution in [0.15, 0.2) is 0 Å². The molecule has 1 N–H and O–H groups in total. The molecule has 42 valence electrons. The minimum absolute atomic E-state index is 0.285. The third-order valence-corrected chi connectivity index (χ3v) is 1.40. The molecule has 1 aliphatic heterocycles. The second-order valence-electron chi connectivity index (χ2n) is 1.75. The first-order chi connectivity index (χ1) is 3.15. The van der Waals surface area contributed by atoms with Crippen LogP contribution in [0.2, 0.25) is 0 Å². The summed E-state index contributed by atoms with van der Waals surface area (Å²) >= 11 is 5.44. The number of alkyl halides is 1. The molecule has 0 aliphatic carbocycles. The fourth-order valence-corrected chi connectivity index (χ4v) is 0.430. The fraction of sp³-hybridized carbons (Fsp3) is 1.00. The van der Waals surface area contributed by atoms with Crippen molar-refractivity contribution in [2.24, 2.45) is 0 Å². The highest BCUT2D eigenvalue weighted by molar-refractivity contribution is 6.21. The molecule has 0 radical (unpaired) electrons. The molecule has 0 aromatic heterocycles. The minimum atomic E-state index is -0.985. The second kappa shape index (κ2) is 1.34. The third kappa shape index (κ3) is 0.876. The monoisotopic (exact) mass is 122 g/mol. The van der Waals surface area contributed by atoms with E-state index >= 15 is 0 Å². The van der Waals surface area contributed by atoms with Crippen LogP contribution >= 0.6 is 11.6 Å². The Hall–Kier alpha value is 0.210. The first kappa shape index (κ1) is 5.35. The molecule has 0 saturated carbocycles. The highest BCUT2D eigenvalue weighted by Gasteiger charge is 2.47. The lowest BCUT2D eigenvalue weighted by Crippen LogP contribution is -2.20. The van der Waals surface area contributed by atoms with E-state index in [0.717, 1.165) is 0 Å². The van der Waals surface area contributed by atoms with Crippen LogP contribution in [-0.2, 0) is 4.74 Å². The summed E-state index contributed by atoms with van der Waals surface area (Å²) in [6.45, 7) is 2.09.